The van der Waals surface area contributed by atoms with E-state index in [-0.39, 0.29) is 5.69 Å². The molecule has 3 aromatic rings. The Kier molecular flexibility index (Phi) is 4.45. The molecule has 2 aromatic carbocycles. The lowest BCUT2D eigenvalue weighted by molar-refractivity contribution is 0.802. The van der Waals surface area contributed by atoms with E-state index in [1.807, 2.05) is 30.3 Å². The molecule has 0 bridgehead atoms. The largest absolute Gasteiger partial charge is 0.353 e. The molecule has 0 unspecified atom stereocenters. The Morgan fingerprint density at radius 1 is 1.08 bits per heavy atom. The van der Waals surface area contributed by atoms with Crippen LogP contribution >= 0.6 is 11.8 Å². The van der Waals surface area contributed by atoms with Crippen LogP contribution in [0.3, 0.4) is 0 Å². The number of benzene rings is 2. The van der Waals surface area contributed by atoms with Gasteiger partial charge in [-0.05, 0) is 43.9 Å². The smallest absolute Gasteiger partial charge is 0.265 e. The molecule has 126 valence electrons. The highest BCUT2D eigenvalue weighted by molar-refractivity contribution is 7.98. The highest BCUT2D eigenvalue weighted by Crippen LogP contribution is 2.32. The predicted molar refractivity (Wildman–Crippen MR) is 103 cm³/mol. The predicted octanol–water partition coefficient (Wildman–Crippen LogP) is 4.32. The number of thioether (sulfide) groups is 1. The third kappa shape index (κ3) is 3.27. The third-order valence-electron chi connectivity index (χ3n) is 4.58. The van der Waals surface area contributed by atoms with Crippen LogP contribution in [0.2, 0.25) is 0 Å². The highest BCUT2D eigenvalue weighted by Gasteiger charge is 2.22. The Morgan fingerprint density at radius 3 is 2.72 bits per heavy atom. The Labute approximate surface area is 151 Å². The third-order valence-corrected chi connectivity index (χ3v) is 5.67. The van der Waals surface area contributed by atoms with Gasteiger partial charge in [0.15, 0.2) is 0 Å². The summed E-state index contributed by atoms with van der Waals surface area (Å²) in [5, 5.41) is 0.909. The van der Waals surface area contributed by atoms with Gasteiger partial charge in [0, 0.05) is 17.0 Å². The summed E-state index contributed by atoms with van der Waals surface area (Å²) in [6.45, 7) is 2.10. The quantitative estimate of drug-likeness (QED) is 0.520. The highest BCUT2D eigenvalue weighted by atomic mass is 32.2. The molecule has 1 aliphatic rings. The number of nitrogens with zero attached hydrogens (tertiary/aromatic N) is 2. The maximum atomic E-state index is 12.7. The van der Waals surface area contributed by atoms with E-state index in [1.165, 1.54) is 16.7 Å². The number of aryl methyl sites for hydroxylation is 1. The summed E-state index contributed by atoms with van der Waals surface area (Å²) in [7, 11) is 0. The summed E-state index contributed by atoms with van der Waals surface area (Å²) in [6.07, 6.45) is 3.04. The van der Waals surface area contributed by atoms with Gasteiger partial charge in [-0.25, -0.2) is 4.79 Å². The molecule has 4 rings (SSSR count). The van der Waals surface area contributed by atoms with Gasteiger partial charge in [0.2, 0.25) is 0 Å². The normalized spacial score (nSPS) is 13.0. The maximum absolute atomic E-state index is 12.7. The Balaban J connectivity index is 1.70. The zero-order valence-corrected chi connectivity index (χ0v) is 15.1. The van der Waals surface area contributed by atoms with Crippen LogP contribution in [0.1, 0.15) is 28.8 Å². The van der Waals surface area contributed by atoms with Crippen molar-refractivity contribution in [3.63, 3.8) is 0 Å². The molecule has 25 heavy (non-hydrogen) atoms. The first-order chi connectivity index (χ1) is 12.2. The fourth-order valence-electron chi connectivity index (χ4n) is 3.44. The molecule has 0 spiro atoms. The number of rotatable bonds is 4. The Bertz CT molecular complexity index is 963. The van der Waals surface area contributed by atoms with Gasteiger partial charge in [0.25, 0.3) is 0 Å². The molecule has 4 heteroatoms. The maximum Gasteiger partial charge on any atom is 0.353 e. The molecule has 0 fully saturated rings. The van der Waals surface area contributed by atoms with Gasteiger partial charge in [-0.1, -0.05) is 48.0 Å². The van der Waals surface area contributed by atoms with Crippen LogP contribution in [0.25, 0.3) is 5.69 Å². The summed E-state index contributed by atoms with van der Waals surface area (Å²) >= 11 is 1.68. The zero-order valence-electron chi connectivity index (χ0n) is 14.2. The fraction of sp³-hybridized carbons (Fsp3) is 0.238. The number of para-hydroxylation sites is 1. The molecule has 0 atom stereocenters. The summed E-state index contributed by atoms with van der Waals surface area (Å²) in [4.78, 5) is 17.1. The second-order valence-corrected chi connectivity index (χ2v) is 7.39. The molecule has 0 radical (unpaired) electrons. The Morgan fingerprint density at radius 2 is 1.92 bits per heavy atom. The van der Waals surface area contributed by atoms with Gasteiger partial charge in [-0.15, -0.1) is 11.8 Å². The minimum Gasteiger partial charge on any atom is -0.265 e. The molecule has 1 aliphatic carbocycles. The molecule has 3 nitrogen and oxygen atoms in total. The SMILES string of the molecule is Cc1cccc(CSc2nc(=O)n(-c3ccccc3)c3c2CCC3)c1. The van der Waals surface area contributed by atoms with E-state index in [4.69, 9.17) is 0 Å². The van der Waals surface area contributed by atoms with E-state index >= 15 is 0 Å². The number of hydrogen-bond donors (Lipinski definition) is 0. The minimum absolute atomic E-state index is 0.168. The lowest BCUT2D eigenvalue weighted by Crippen LogP contribution is -2.25. The van der Waals surface area contributed by atoms with Crippen LogP contribution < -0.4 is 5.69 Å². The van der Waals surface area contributed by atoms with E-state index in [1.54, 1.807) is 16.3 Å². The summed E-state index contributed by atoms with van der Waals surface area (Å²) < 4.78 is 1.79. The average Bonchev–Trinajstić information content (AvgIpc) is 3.10. The molecule has 1 aromatic heterocycles. The molecule has 0 aliphatic heterocycles. The molecule has 0 saturated carbocycles. The second-order valence-electron chi connectivity index (χ2n) is 6.43. The molecule has 0 saturated heterocycles. The number of fused-ring (bicyclic) bond motifs is 1. The monoisotopic (exact) mass is 348 g/mol. The van der Waals surface area contributed by atoms with E-state index in [0.29, 0.717) is 0 Å². The number of hydrogen-bond acceptors (Lipinski definition) is 3. The van der Waals surface area contributed by atoms with E-state index in [9.17, 15) is 4.79 Å². The van der Waals surface area contributed by atoms with Crippen molar-refractivity contribution in [3.8, 4) is 5.69 Å². The number of aromatic nitrogens is 2. The zero-order chi connectivity index (χ0) is 17.2. The first kappa shape index (κ1) is 16.2. The standard InChI is InChI=1S/C21H20N2OS/c1-15-7-5-8-16(13-15)14-25-20-18-11-6-12-19(18)23(21(24)22-20)17-9-3-2-4-10-17/h2-5,7-10,13H,6,11-12,14H2,1H3. The van der Waals surface area contributed by atoms with E-state index in [0.717, 1.165) is 41.4 Å². The topological polar surface area (TPSA) is 34.9 Å². The van der Waals surface area contributed by atoms with Crippen molar-refractivity contribution in [2.75, 3.05) is 0 Å². The van der Waals surface area contributed by atoms with Gasteiger partial charge < -0.3 is 0 Å². The minimum atomic E-state index is -0.168. The average molecular weight is 348 g/mol. The van der Waals surface area contributed by atoms with Gasteiger partial charge >= 0.3 is 5.69 Å². The van der Waals surface area contributed by atoms with Crippen molar-refractivity contribution in [1.29, 1.82) is 0 Å². The van der Waals surface area contributed by atoms with Crippen LogP contribution in [-0.4, -0.2) is 9.55 Å². The first-order valence-electron chi connectivity index (χ1n) is 8.61. The van der Waals surface area contributed by atoms with Crippen molar-refractivity contribution in [2.24, 2.45) is 0 Å². The van der Waals surface area contributed by atoms with Gasteiger partial charge in [0.05, 0.1) is 5.69 Å². The molecular weight excluding hydrogens is 328 g/mol. The fourth-order valence-corrected chi connectivity index (χ4v) is 4.46. The second kappa shape index (κ2) is 6.89. The molecule has 0 amide bonds. The van der Waals surface area contributed by atoms with Crippen molar-refractivity contribution in [3.05, 3.63) is 87.5 Å². The van der Waals surface area contributed by atoms with Crippen molar-refractivity contribution in [1.82, 2.24) is 9.55 Å². The summed E-state index contributed by atoms with van der Waals surface area (Å²) in [5.41, 5.74) is 5.66. The summed E-state index contributed by atoms with van der Waals surface area (Å²) in [6, 6.07) is 18.3. The molecule has 1 heterocycles. The van der Waals surface area contributed by atoms with Gasteiger partial charge in [0.1, 0.15) is 5.03 Å². The molecular formula is C21H20N2OS. The van der Waals surface area contributed by atoms with Crippen LogP contribution in [0.5, 0.6) is 0 Å². The van der Waals surface area contributed by atoms with Crippen molar-refractivity contribution < 1.29 is 0 Å². The van der Waals surface area contributed by atoms with E-state index in [2.05, 4.69) is 36.2 Å². The van der Waals surface area contributed by atoms with Crippen LogP contribution in [0, 0.1) is 6.92 Å². The van der Waals surface area contributed by atoms with Crippen molar-refractivity contribution >= 4 is 11.8 Å². The van der Waals surface area contributed by atoms with Crippen LogP contribution in [-0.2, 0) is 18.6 Å². The first-order valence-corrected chi connectivity index (χ1v) is 9.59. The van der Waals surface area contributed by atoms with Gasteiger partial charge in [-0.3, -0.25) is 4.57 Å². The lowest BCUT2D eigenvalue weighted by atomic mass is 10.2. The van der Waals surface area contributed by atoms with Crippen LogP contribution in [0.15, 0.2) is 64.4 Å². The Hall–Kier alpha value is -2.33. The van der Waals surface area contributed by atoms with Crippen LogP contribution in [0.4, 0.5) is 0 Å². The van der Waals surface area contributed by atoms with E-state index < -0.39 is 0 Å². The van der Waals surface area contributed by atoms with Gasteiger partial charge in [-0.2, -0.15) is 4.98 Å². The lowest BCUT2D eigenvalue weighted by Gasteiger charge is -2.14. The molecule has 0 N–H and O–H groups in total. The van der Waals surface area contributed by atoms with Crippen molar-refractivity contribution in [2.45, 2.75) is 37.0 Å². The summed E-state index contributed by atoms with van der Waals surface area (Å²) in [5.74, 6) is 0.843.